The van der Waals surface area contributed by atoms with Crippen LogP contribution < -0.4 is 5.56 Å². The van der Waals surface area contributed by atoms with Gasteiger partial charge in [0, 0.05) is 18.2 Å². The number of nitrogens with one attached hydrogen (secondary N) is 1. The van der Waals surface area contributed by atoms with Crippen LogP contribution in [0.2, 0.25) is 0 Å². The molecule has 4 aromatic rings. The lowest BCUT2D eigenvalue weighted by atomic mass is 10.1. The fourth-order valence-electron chi connectivity index (χ4n) is 2.69. The van der Waals surface area contributed by atoms with Gasteiger partial charge in [-0.25, -0.2) is 9.78 Å². The molecular formula is C19H14F6N6O4. The smallest absolute Gasteiger partial charge is 0.475 e. The molecule has 0 unspecified atom stereocenters. The van der Waals surface area contributed by atoms with E-state index in [4.69, 9.17) is 14.4 Å². The third-order valence-corrected chi connectivity index (χ3v) is 4.22. The molecule has 0 aliphatic heterocycles. The van der Waals surface area contributed by atoms with E-state index in [-0.39, 0.29) is 30.1 Å². The van der Waals surface area contributed by atoms with Crippen molar-refractivity contribution < 1.29 is 40.8 Å². The molecule has 4 rings (SSSR count). The lowest BCUT2D eigenvalue weighted by Gasteiger charge is -2.06. The van der Waals surface area contributed by atoms with Gasteiger partial charge in [-0.05, 0) is 24.6 Å². The number of aliphatic carboxylic acids is 1. The molecule has 3 heterocycles. The number of hydrogen-bond acceptors (Lipinski definition) is 7. The SMILES string of the molecule is Cc1cc(=O)n2[nH]c(Cc3nc(Cc4ccc(C(F)(F)F)cc4)no3)nc2n1.O=C(O)C(F)(F)F. The van der Waals surface area contributed by atoms with E-state index in [1.54, 1.807) is 6.92 Å². The molecule has 0 fully saturated rings. The number of benzene rings is 1. The van der Waals surface area contributed by atoms with Crippen LogP contribution in [0.4, 0.5) is 26.3 Å². The first-order valence-electron chi connectivity index (χ1n) is 9.45. The molecule has 2 N–H and O–H groups in total. The largest absolute Gasteiger partial charge is 0.490 e. The van der Waals surface area contributed by atoms with Gasteiger partial charge < -0.3 is 9.63 Å². The molecule has 0 aliphatic rings. The maximum absolute atomic E-state index is 12.6. The number of aromatic nitrogens is 6. The van der Waals surface area contributed by atoms with Gasteiger partial charge in [-0.2, -0.15) is 40.8 Å². The summed E-state index contributed by atoms with van der Waals surface area (Å²) in [5.74, 6) is -1.51. The Kier molecular flexibility index (Phi) is 6.93. The molecule has 0 radical (unpaired) electrons. The second-order valence-corrected chi connectivity index (χ2v) is 7.00. The zero-order valence-electron chi connectivity index (χ0n) is 17.5. The van der Waals surface area contributed by atoms with E-state index in [0.29, 0.717) is 22.9 Å². The average Bonchev–Trinajstić information content (AvgIpc) is 3.34. The second-order valence-electron chi connectivity index (χ2n) is 7.00. The molecule has 0 atom stereocenters. The summed E-state index contributed by atoms with van der Waals surface area (Å²) in [6, 6.07) is 6.15. The minimum atomic E-state index is -5.08. The molecule has 1 aromatic carbocycles. The van der Waals surface area contributed by atoms with E-state index in [9.17, 15) is 31.1 Å². The normalized spacial score (nSPS) is 11.9. The van der Waals surface area contributed by atoms with Crippen molar-refractivity contribution in [2.75, 3.05) is 0 Å². The van der Waals surface area contributed by atoms with Gasteiger partial charge in [0.2, 0.25) is 5.89 Å². The highest BCUT2D eigenvalue weighted by Gasteiger charge is 2.38. The number of aromatic amines is 1. The third kappa shape index (κ3) is 6.64. The van der Waals surface area contributed by atoms with Crippen molar-refractivity contribution in [2.45, 2.75) is 32.1 Å². The minimum Gasteiger partial charge on any atom is -0.475 e. The van der Waals surface area contributed by atoms with Gasteiger partial charge in [0.05, 0.1) is 12.0 Å². The van der Waals surface area contributed by atoms with Gasteiger partial charge in [-0.3, -0.25) is 9.89 Å². The van der Waals surface area contributed by atoms with Crippen LogP contribution in [0, 0.1) is 6.92 Å². The number of fused-ring (bicyclic) bond motifs is 1. The number of carbonyl (C=O) groups is 1. The molecule has 3 aromatic heterocycles. The van der Waals surface area contributed by atoms with E-state index in [1.807, 2.05) is 0 Å². The lowest BCUT2D eigenvalue weighted by molar-refractivity contribution is -0.192. The molecule has 35 heavy (non-hydrogen) atoms. The van der Waals surface area contributed by atoms with E-state index in [0.717, 1.165) is 12.1 Å². The summed E-state index contributed by atoms with van der Waals surface area (Å²) in [5.41, 5.74) is 0.179. The highest BCUT2D eigenvalue weighted by molar-refractivity contribution is 5.73. The molecule has 0 amide bonds. The Labute approximate surface area is 190 Å². The van der Waals surface area contributed by atoms with Crippen LogP contribution in [0.15, 0.2) is 39.6 Å². The van der Waals surface area contributed by atoms with E-state index < -0.39 is 23.9 Å². The number of halogens is 6. The van der Waals surface area contributed by atoms with Crippen LogP contribution in [0.3, 0.4) is 0 Å². The van der Waals surface area contributed by atoms with Crippen molar-refractivity contribution >= 4 is 11.7 Å². The third-order valence-electron chi connectivity index (χ3n) is 4.22. The summed E-state index contributed by atoms with van der Waals surface area (Å²) >= 11 is 0. The Morgan fingerprint density at radius 2 is 1.69 bits per heavy atom. The standard InChI is InChI=1S/C17H13F3N6O2.C2HF3O2/c1-9-6-15(27)26-16(21-9)23-12(24-26)8-14-22-13(25-28-14)7-10-2-4-11(5-3-10)17(18,19)20;3-2(4,5)1(6)7/h2-6H,7-8H2,1H3,(H,21,23,24);(H,6,7). The first-order valence-corrected chi connectivity index (χ1v) is 9.45. The number of carboxylic acids is 1. The number of nitrogens with zero attached hydrogens (tertiary/aromatic N) is 5. The van der Waals surface area contributed by atoms with Crippen molar-refractivity contribution in [3.63, 3.8) is 0 Å². The Morgan fingerprint density at radius 3 is 2.26 bits per heavy atom. The Balaban J connectivity index is 0.000000429. The lowest BCUT2D eigenvalue weighted by Crippen LogP contribution is -2.21. The molecule has 0 aliphatic carbocycles. The average molecular weight is 504 g/mol. The van der Waals surface area contributed by atoms with Gasteiger partial charge in [-0.1, -0.05) is 17.3 Å². The number of carboxylic acid groups (broad SMARTS) is 1. The Morgan fingerprint density at radius 1 is 1.06 bits per heavy atom. The molecular weight excluding hydrogens is 490 g/mol. The van der Waals surface area contributed by atoms with Crippen molar-refractivity contribution in [3.8, 4) is 0 Å². The number of hydrogen-bond donors (Lipinski definition) is 2. The van der Waals surface area contributed by atoms with Crippen LogP contribution in [0.5, 0.6) is 0 Å². The van der Waals surface area contributed by atoms with Gasteiger partial charge in [0.15, 0.2) is 5.82 Å². The van der Waals surface area contributed by atoms with Gasteiger partial charge in [0.25, 0.3) is 11.3 Å². The maximum Gasteiger partial charge on any atom is 0.490 e. The van der Waals surface area contributed by atoms with Crippen molar-refractivity contribution in [1.82, 2.24) is 29.7 Å². The van der Waals surface area contributed by atoms with E-state index >= 15 is 0 Å². The minimum absolute atomic E-state index is 0.155. The summed E-state index contributed by atoms with van der Waals surface area (Å²) in [6.07, 6.45) is -9.08. The number of H-pyrrole nitrogens is 1. The topological polar surface area (TPSA) is 139 Å². The molecule has 0 spiro atoms. The molecule has 186 valence electrons. The predicted octanol–water partition coefficient (Wildman–Crippen LogP) is 2.94. The maximum atomic E-state index is 12.6. The second kappa shape index (κ2) is 9.55. The highest BCUT2D eigenvalue weighted by atomic mass is 19.4. The number of rotatable bonds is 4. The summed E-state index contributed by atoms with van der Waals surface area (Å²) in [4.78, 5) is 33.4. The van der Waals surface area contributed by atoms with Crippen LogP contribution >= 0.6 is 0 Å². The van der Waals surface area contributed by atoms with E-state index in [1.165, 1.54) is 22.7 Å². The van der Waals surface area contributed by atoms with Crippen LogP contribution in [-0.4, -0.2) is 47.0 Å². The number of alkyl halides is 6. The van der Waals surface area contributed by atoms with Gasteiger partial charge in [-0.15, -0.1) is 0 Å². The molecule has 0 bridgehead atoms. The summed E-state index contributed by atoms with van der Waals surface area (Å²) in [5, 5.41) is 13.8. The summed E-state index contributed by atoms with van der Waals surface area (Å²) < 4.78 is 75.9. The predicted molar refractivity (Wildman–Crippen MR) is 103 cm³/mol. The fourth-order valence-corrected chi connectivity index (χ4v) is 2.69. The zero-order valence-corrected chi connectivity index (χ0v) is 17.5. The zero-order chi connectivity index (χ0) is 26.0. The van der Waals surface area contributed by atoms with Crippen LogP contribution in [-0.2, 0) is 23.8 Å². The fraction of sp³-hybridized carbons (Fsp3) is 0.263. The van der Waals surface area contributed by atoms with Crippen LogP contribution in [0.1, 0.15) is 34.4 Å². The monoisotopic (exact) mass is 504 g/mol. The van der Waals surface area contributed by atoms with E-state index in [2.05, 4.69) is 25.2 Å². The Bertz CT molecular complexity index is 1390. The van der Waals surface area contributed by atoms with Gasteiger partial charge >= 0.3 is 18.3 Å². The van der Waals surface area contributed by atoms with Crippen molar-refractivity contribution in [2.24, 2.45) is 0 Å². The molecule has 16 heteroatoms. The summed E-state index contributed by atoms with van der Waals surface area (Å²) in [6.45, 7) is 1.70. The molecule has 10 nitrogen and oxygen atoms in total. The first-order chi connectivity index (χ1) is 16.2. The Hall–Kier alpha value is -4.24. The van der Waals surface area contributed by atoms with Crippen molar-refractivity contribution in [3.05, 3.63) is 75.0 Å². The quantitative estimate of drug-likeness (QED) is 0.405. The van der Waals surface area contributed by atoms with Crippen LogP contribution in [0.25, 0.3) is 5.78 Å². The number of aryl methyl sites for hydroxylation is 1. The first kappa shape index (κ1) is 25.4. The molecule has 0 saturated heterocycles. The summed E-state index contributed by atoms with van der Waals surface area (Å²) in [7, 11) is 0. The van der Waals surface area contributed by atoms with Gasteiger partial charge in [0.1, 0.15) is 5.82 Å². The molecule has 0 saturated carbocycles. The highest BCUT2D eigenvalue weighted by Crippen LogP contribution is 2.29. The van der Waals surface area contributed by atoms with Crippen molar-refractivity contribution in [1.29, 1.82) is 0 Å².